The first kappa shape index (κ1) is 14.2. The minimum atomic E-state index is -0.765. The Bertz CT molecular complexity index is 505. The van der Waals surface area contributed by atoms with Gasteiger partial charge in [0.25, 0.3) is 0 Å². The number of aromatic amines is 1. The SMILES string of the molecule is O=C(O)[C@H](Cc1cnc[nH]1)NCC12CC3CC(CC(C3)C1)C2. The van der Waals surface area contributed by atoms with Crippen molar-refractivity contribution in [3.8, 4) is 0 Å². The lowest BCUT2D eigenvalue weighted by Crippen LogP contribution is -2.53. The number of carbonyl (C=O) groups is 1. The van der Waals surface area contributed by atoms with Crippen molar-refractivity contribution in [3.05, 3.63) is 18.2 Å². The number of aliphatic carboxylic acids is 1. The summed E-state index contributed by atoms with van der Waals surface area (Å²) in [6.45, 7) is 0.863. The quantitative estimate of drug-likeness (QED) is 0.753. The molecule has 1 atom stereocenters. The second kappa shape index (κ2) is 5.37. The molecule has 0 spiro atoms. The van der Waals surface area contributed by atoms with Crippen molar-refractivity contribution in [1.82, 2.24) is 15.3 Å². The zero-order valence-electron chi connectivity index (χ0n) is 12.9. The lowest BCUT2D eigenvalue weighted by atomic mass is 9.49. The van der Waals surface area contributed by atoms with E-state index in [2.05, 4.69) is 15.3 Å². The van der Waals surface area contributed by atoms with E-state index in [1.807, 2.05) is 0 Å². The smallest absolute Gasteiger partial charge is 0.321 e. The van der Waals surface area contributed by atoms with E-state index in [4.69, 9.17) is 0 Å². The molecule has 4 saturated carbocycles. The third-order valence-corrected chi connectivity index (χ3v) is 6.17. The number of hydrogen-bond acceptors (Lipinski definition) is 3. The van der Waals surface area contributed by atoms with Crippen molar-refractivity contribution < 1.29 is 9.90 Å². The minimum Gasteiger partial charge on any atom is -0.480 e. The van der Waals surface area contributed by atoms with E-state index in [-0.39, 0.29) is 0 Å². The van der Waals surface area contributed by atoms with Gasteiger partial charge in [-0.05, 0) is 61.7 Å². The van der Waals surface area contributed by atoms with E-state index in [1.54, 1.807) is 12.5 Å². The molecule has 0 radical (unpaired) electrons. The van der Waals surface area contributed by atoms with Crippen molar-refractivity contribution >= 4 is 5.97 Å². The number of aromatic nitrogens is 2. The molecule has 5 nitrogen and oxygen atoms in total. The van der Waals surface area contributed by atoms with Gasteiger partial charge in [0.05, 0.1) is 6.33 Å². The predicted molar refractivity (Wildman–Crippen MR) is 82.3 cm³/mol. The maximum Gasteiger partial charge on any atom is 0.321 e. The van der Waals surface area contributed by atoms with Gasteiger partial charge in [0.2, 0.25) is 0 Å². The van der Waals surface area contributed by atoms with E-state index in [0.717, 1.165) is 30.0 Å². The molecular formula is C17H25N3O2. The molecule has 0 aliphatic heterocycles. The minimum absolute atomic E-state index is 0.371. The van der Waals surface area contributed by atoms with Gasteiger partial charge in [-0.1, -0.05) is 0 Å². The summed E-state index contributed by atoms with van der Waals surface area (Å²) in [5.41, 5.74) is 1.25. The fourth-order valence-electron chi connectivity index (χ4n) is 5.71. The Hall–Kier alpha value is -1.36. The lowest BCUT2D eigenvalue weighted by Gasteiger charge is -2.57. The Morgan fingerprint density at radius 3 is 2.45 bits per heavy atom. The van der Waals surface area contributed by atoms with Crippen LogP contribution in [0.1, 0.15) is 44.2 Å². The standard InChI is InChI=1S/C17H25N3O2/c21-16(22)15(4-14-8-18-10-20-14)19-9-17-5-11-1-12(6-17)3-13(2-11)7-17/h8,10-13,15,19H,1-7,9H2,(H,18,20)(H,21,22)/t11?,12?,13?,15-,17?/m0/s1. The van der Waals surface area contributed by atoms with Crippen LogP contribution in [0.5, 0.6) is 0 Å². The van der Waals surface area contributed by atoms with Crippen LogP contribution >= 0.6 is 0 Å². The molecule has 22 heavy (non-hydrogen) atoms. The second-order valence-electron chi connectivity index (χ2n) is 7.97. The first-order valence-corrected chi connectivity index (χ1v) is 8.55. The molecule has 4 aliphatic rings. The third-order valence-electron chi connectivity index (χ3n) is 6.17. The number of rotatable bonds is 6. The summed E-state index contributed by atoms with van der Waals surface area (Å²) >= 11 is 0. The first-order valence-electron chi connectivity index (χ1n) is 8.55. The second-order valence-corrected chi connectivity index (χ2v) is 7.97. The molecule has 120 valence electrons. The Morgan fingerprint density at radius 2 is 1.95 bits per heavy atom. The van der Waals surface area contributed by atoms with Crippen LogP contribution in [0.15, 0.2) is 12.5 Å². The number of carboxylic acids is 1. The molecule has 4 aliphatic carbocycles. The van der Waals surface area contributed by atoms with Gasteiger partial charge in [0, 0.05) is 24.9 Å². The summed E-state index contributed by atoms with van der Waals surface area (Å²) in [6.07, 6.45) is 12.0. The molecule has 0 unspecified atom stereocenters. The first-order chi connectivity index (χ1) is 10.6. The molecular weight excluding hydrogens is 278 g/mol. The summed E-state index contributed by atoms with van der Waals surface area (Å²) in [4.78, 5) is 18.5. The van der Waals surface area contributed by atoms with Crippen LogP contribution in [0.4, 0.5) is 0 Å². The van der Waals surface area contributed by atoms with Gasteiger partial charge in [-0.2, -0.15) is 0 Å². The highest BCUT2D eigenvalue weighted by Crippen LogP contribution is 2.59. The molecule has 5 heteroatoms. The molecule has 1 heterocycles. The molecule has 0 saturated heterocycles. The Kier molecular flexibility index (Phi) is 3.48. The topological polar surface area (TPSA) is 78.0 Å². The van der Waals surface area contributed by atoms with Crippen LogP contribution in [-0.2, 0) is 11.2 Å². The van der Waals surface area contributed by atoms with Gasteiger partial charge in [-0.3, -0.25) is 4.79 Å². The summed E-state index contributed by atoms with van der Waals surface area (Å²) < 4.78 is 0. The van der Waals surface area contributed by atoms with Crippen molar-refractivity contribution in [1.29, 1.82) is 0 Å². The number of hydrogen-bond donors (Lipinski definition) is 3. The van der Waals surface area contributed by atoms with Crippen LogP contribution in [0.25, 0.3) is 0 Å². The number of nitrogens with one attached hydrogen (secondary N) is 2. The lowest BCUT2D eigenvalue weighted by molar-refractivity contribution is -0.140. The molecule has 1 aromatic heterocycles. The molecule has 4 fully saturated rings. The maximum atomic E-state index is 11.5. The molecule has 5 rings (SSSR count). The average molecular weight is 303 g/mol. The number of imidazole rings is 1. The Balaban J connectivity index is 1.41. The monoisotopic (exact) mass is 303 g/mol. The molecule has 0 amide bonds. The van der Waals surface area contributed by atoms with Gasteiger partial charge in [-0.15, -0.1) is 0 Å². The predicted octanol–water partition coefficient (Wildman–Crippen LogP) is 2.21. The zero-order chi connectivity index (χ0) is 15.2. The Morgan fingerprint density at radius 1 is 1.32 bits per heavy atom. The van der Waals surface area contributed by atoms with E-state index < -0.39 is 12.0 Å². The van der Waals surface area contributed by atoms with Gasteiger partial charge in [0.15, 0.2) is 0 Å². The number of carboxylic acid groups (broad SMARTS) is 1. The van der Waals surface area contributed by atoms with Crippen LogP contribution in [-0.4, -0.2) is 33.6 Å². The number of nitrogens with zero attached hydrogens (tertiary/aromatic N) is 1. The van der Waals surface area contributed by atoms with E-state index in [0.29, 0.717) is 11.8 Å². The van der Waals surface area contributed by atoms with Crippen molar-refractivity contribution in [2.45, 2.75) is 51.0 Å². The van der Waals surface area contributed by atoms with Gasteiger partial charge >= 0.3 is 5.97 Å². The molecule has 4 bridgehead atoms. The molecule has 1 aromatic rings. The molecule has 0 aromatic carbocycles. The summed E-state index contributed by atoms with van der Waals surface area (Å²) in [5.74, 6) is 1.95. The average Bonchev–Trinajstić information content (AvgIpc) is 2.94. The highest BCUT2D eigenvalue weighted by Gasteiger charge is 2.50. The van der Waals surface area contributed by atoms with E-state index in [9.17, 15) is 9.90 Å². The van der Waals surface area contributed by atoms with Crippen molar-refractivity contribution in [2.75, 3.05) is 6.54 Å². The number of H-pyrrole nitrogens is 1. The van der Waals surface area contributed by atoms with Crippen molar-refractivity contribution in [3.63, 3.8) is 0 Å². The van der Waals surface area contributed by atoms with Gasteiger partial charge in [0.1, 0.15) is 6.04 Å². The van der Waals surface area contributed by atoms with E-state index >= 15 is 0 Å². The molecule has 3 N–H and O–H groups in total. The fourth-order valence-corrected chi connectivity index (χ4v) is 5.71. The summed E-state index contributed by atoms with van der Waals surface area (Å²) in [7, 11) is 0. The highest BCUT2D eigenvalue weighted by atomic mass is 16.4. The van der Waals surface area contributed by atoms with Crippen LogP contribution < -0.4 is 5.32 Å². The van der Waals surface area contributed by atoms with E-state index in [1.165, 1.54) is 38.5 Å². The van der Waals surface area contributed by atoms with Gasteiger partial charge in [-0.25, -0.2) is 4.98 Å². The summed E-state index contributed by atoms with van der Waals surface area (Å²) in [5, 5.41) is 12.9. The highest BCUT2D eigenvalue weighted by molar-refractivity contribution is 5.73. The largest absolute Gasteiger partial charge is 0.480 e. The van der Waals surface area contributed by atoms with Crippen LogP contribution in [0.3, 0.4) is 0 Å². The van der Waals surface area contributed by atoms with Crippen LogP contribution in [0, 0.1) is 23.2 Å². The summed E-state index contributed by atoms with van der Waals surface area (Å²) in [6, 6.07) is -0.520. The normalized spacial score (nSPS) is 37.4. The third kappa shape index (κ3) is 2.67. The van der Waals surface area contributed by atoms with Crippen molar-refractivity contribution in [2.24, 2.45) is 23.2 Å². The maximum absolute atomic E-state index is 11.5. The zero-order valence-corrected chi connectivity index (χ0v) is 12.9. The Labute approximate surface area is 130 Å². The fraction of sp³-hybridized carbons (Fsp3) is 0.765. The van der Waals surface area contributed by atoms with Crippen LogP contribution in [0.2, 0.25) is 0 Å². The van der Waals surface area contributed by atoms with Gasteiger partial charge < -0.3 is 15.4 Å².